The molecule has 3 aromatic carbocycles. The summed E-state index contributed by atoms with van der Waals surface area (Å²) in [6.07, 6.45) is 1.77. The van der Waals surface area contributed by atoms with Crippen molar-refractivity contribution in [3.8, 4) is 5.75 Å². The maximum absolute atomic E-state index is 13.9. The second-order valence-electron chi connectivity index (χ2n) is 8.92. The third-order valence-corrected chi connectivity index (χ3v) is 8.13. The normalized spacial score (nSPS) is 15.0. The molecular formula is C30H23Cl3N2O4S. The van der Waals surface area contributed by atoms with Gasteiger partial charge in [0.25, 0.3) is 5.56 Å². The van der Waals surface area contributed by atoms with Crippen LogP contribution in [0.4, 0.5) is 0 Å². The van der Waals surface area contributed by atoms with Crippen molar-refractivity contribution in [3.05, 3.63) is 129 Å². The number of hydrogen-bond acceptors (Lipinski definition) is 6. The van der Waals surface area contributed by atoms with E-state index in [1.54, 1.807) is 56.3 Å². The highest BCUT2D eigenvalue weighted by Gasteiger charge is 2.33. The Kier molecular flexibility index (Phi) is 8.47. The van der Waals surface area contributed by atoms with E-state index < -0.39 is 12.0 Å². The minimum Gasteiger partial charge on any atom is -0.488 e. The minimum absolute atomic E-state index is 0.200. The Morgan fingerprint density at radius 2 is 1.77 bits per heavy atom. The summed E-state index contributed by atoms with van der Waals surface area (Å²) in [6.45, 7) is 3.91. The van der Waals surface area contributed by atoms with E-state index in [2.05, 4.69) is 4.99 Å². The van der Waals surface area contributed by atoms with E-state index in [1.807, 2.05) is 30.3 Å². The third kappa shape index (κ3) is 5.74. The van der Waals surface area contributed by atoms with E-state index in [-0.39, 0.29) is 18.8 Å². The van der Waals surface area contributed by atoms with E-state index >= 15 is 0 Å². The SMILES string of the molecule is CCOC(=O)C1=C(C)N=c2s/c(=C\c3ccccc3OCc3ccc(Cl)cc3Cl)c(=O)n2[C@@H]1c1ccc(Cl)cc1. The van der Waals surface area contributed by atoms with Gasteiger partial charge in [0, 0.05) is 26.2 Å². The van der Waals surface area contributed by atoms with Gasteiger partial charge in [0.2, 0.25) is 0 Å². The van der Waals surface area contributed by atoms with E-state index in [0.29, 0.717) is 47.0 Å². The molecule has 0 radical (unpaired) electrons. The molecule has 0 unspecified atom stereocenters. The standard InChI is InChI=1S/C30H23Cl3N2O4S/c1-3-38-29(37)26-17(2)34-30-35(27(26)18-8-11-21(31)12-9-18)28(36)25(40-30)14-19-6-4-5-7-24(19)39-16-20-10-13-22(32)15-23(20)33/h4-15,27H,3,16H2,1-2H3/b25-14-/t27-/m1/s1. The Bertz CT molecular complexity index is 1810. The Morgan fingerprint density at radius 3 is 2.50 bits per heavy atom. The highest BCUT2D eigenvalue weighted by Crippen LogP contribution is 2.31. The van der Waals surface area contributed by atoms with Gasteiger partial charge in [-0.1, -0.05) is 82.5 Å². The smallest absolute Gasteiger partial charge is 0.338 e. The molecule has 0 saturated heterocycles. The summed E-state index contributed by atoms with van der Waals surface area (Å²) in [6, 6.07) is 19.0. The van der Waals surface area contributed by atoms with Crippen LogP contribution < -0.4 is 19.6 Å². The van der Waals surface area contributed by atoms with Gasteiger partial charge in [-0.25, -0.2) is 9.79 Å². The van der Waals surface area contributed by atoms with Gasteiger partial charge in [-0.05, 0) is 55.8 Å². The Hall–Kier alpha value is -3.36. The molecule has 0 N–H and O–H groups in total. The first-order valence-electron chi connectivity index (χ1n) is 12.4. The maximum atomic E-state index is 13.9. The van der Waals surface area contributed by atoms with Crippen LogP contribution in [0.3, 0.4) is 0 Å². The Balaban J connectivity index is 1.59. The fourth-order valence-corrected chi connectivity index (χ4v) is 6.05. The summed E-state index contributed by atoms with van der Waals surface area (Å²) in [5.41, 5.74) is 2.74. The number of aromatic nitrogens is 1. The number of fused-ring (bicyclic) bond motifs is 1. The van der Waals surface area contributed by atoms with Crippen molar-refractivity contribution in [2.24, 2.45) is 4.99 Å². The van der Waals surface area contributed by atoms with Crippen LogP contribution in [0.2, 0.25) is 15.1 Å². The molecule has 1 aliphatic rings. The van der Waals surface area contributed by atoms with Crippen molar-refractivity contribution >= 4 is 58.2 Å². The molecule has 0 fully saturated rings. The zero-order chi connectivity index (χ0) is 28.4. The van der Waals surface area contributed by atoms with Crippen LogP contribution >= 0.6 is 46.1 Å². The topological polar surface area (TPSA) is 69.9 Å². The number of para-hydroxylation sites is 1. The van der Waals surface area contributed by atoms with Gasteiger partial charge >= 0.3 is 5.97 Å². The molecule has 2 heterocycles. The Labute approximate surface area is 249 Å². The van der Waals surface area contributed by atoms with Crippen LogP contribution in [0, 0.1) is 0 Å². The van der Waals surface area contributed by atoms with Gasteiger partial charge in [-0.2, -0.15) is 0 Å². The first-order valence-corrected chi connectivity index (χ1v) is 14.3. The summed E-state index contributed by atoms with van der Waals surface area (Å²) in [5.74, 6) is 0.0644. The van der Waals surface area contributed by atoms with Gasteiger partial charge in [0.15, 0.2) is 4.80 Å². The van der Waals surface area contributed by atoms with Gasteiger partial charge < -0.3 is 9.47 Å². The second-order valence-corrected chi connectivity index (χ2v) is 11.2. The highest BCUT2D eigenvalue weighted by molar-refractivity contribution is 7.07. The molecule has 1 aromatic heterocycles. The van der Waals surface area contributed by atoms with Crippen LogP contribution in [-0.2, 0) is 16.1 Å². The predicted octanol–water partition coefficient (Wildman–Crippen LogP) is 6.34. The number of halogens is 3. The van der Waals surface area contributed by atoms with E-state index in [9.17, 15) is 9.59 Å². The molecule has 0 spiro atoms. The number of esters is 1. The number of hydrogen-bond donors (Lipinski definition) is 0. The first kappa shape index (κ1) is 28.2. The van der Waals surface area contributed by atoms with Crippen molar-refractivity contribution in [1.82, 2.24) is 4.57 Å². The molecule has 0 saturated carbocycles. The molecule has 0 bridgehead atoms. The van der Waals surface area contributed by atoms with Crippen LogP contribution in [0.25, 0.3) is 6.08 Å². The average molecular weight is 614 g/mol. The first-order chi connectivity index (χ1) is 19.3. The van der Waals surface area contributed by atoms with Gasteiger partial charge in [-0.15, -0.1) is 0 Å². The van der Waals surface area contributed by atoms with Crippen LogP contribution in [0.5, 0.6) is 5.75 Å². The van der Waals surface area contributed by atoms with Crippen LogP contribution in [0.1, 0.15) is 36.6 Å². The number of rotatable bonds is 7. The van der Waals surface area contributed by atoms with Crippen molar-refractivity contribution in [2.45, 2.75) is 26.5 Å². The van der Waals surface area contributed by atoms with Gasteiger partial charge in [0.1, 0.15) is 12.4 Å². The fourth-order valence-electron chi connectivity index (χ4n) is 4.42. The zero-order valence-corrected chi connectivity index (χ0v) is 24.6. The number of carbonyl (C=O) groups is 1. The minimum atomic E-state index is -0.715. The monoisotopic (exact) mass is 612 g/mol. The van der Waals surface area contributed by atoms with E-state index in [0.717, 1.165) is 11.1 Å². The van der Waals surface area contributed by atoms with E-state index in [4.69, 9.17) is 44.3 Å². The lowest BCUT2D eigenvalue weighted by Gasteiger charge is -2.24. The molecule has 10 heteroatoms. The molecule has 204 valence electrons. The van der Waals surface area contributed by atoms with Crippen molar-refractivity contribution in [3.63, 3.8) is 0 Å². The lowest BCUT2D eigenvalue weighted by molar-refractivity contribution is -0.139. The van der Waals surface area contributed by atoms with Gasteiger partial charge in [-0.3, -0.25) is 9.36 Å². The molecule has 4 aromatic rings. The van der Waals surface area contributed by atoms with Crippen LogP contribution in [0.15, 0.2) is 87.8 Å². The summed E-state index contributed by atoms with van der Waals surface area (Å²) in [4.78, 5) is 32.0. The predicted molar refractivity (Wildman–Crippen MR) is 159 cm³/mol. The van der Waals surface area contributed by atoms with Crippen molar-refractivity contribution in [2.75, 3.05) is 6.61 Å². The number of thiazole rings is 1. The molecule has 0 amide bonds. The number of carbonyl (C=O) groups excluding carboxylic acids is 1. The largest absolute Gasteiger partial charge is 0.488 e. The van der Waals surface area contributed by atoms with Crippen molar-refractivity contribution < 1.29 is 14.3 Å². The number of ether oxygens (including phenoxy) is 2. The lowest BCUT2D eigenvalue weighted by Crippen LogP contribution is -2.39. The zero-order valence-electron chi connectivity index (χ0n) is 21.5. The summed E-state index contributed by atoms with van der Waals surface area (Å²) >= 11 is 19.7. The lowest BCUT2D eigenvalue weighted by atomic mass is 9.96. The number of nitrogens with zero attached hydrogens (tertiary/aromatic N) is 2. The average Bonchev–Trinajstić information content (AvgIpc) is 3.23. The number of benzene rings is 3. The summed E-state index contributed by atoms with van der Waals surface area (Å²) in [7, 11) is 0. The van der Waals surface area contributed by atoms with Gasteiger partial charge in [0.05, 0.1) is 28.5 Å². The summed E-state index contributed by atoms with van der Waals surface area (Å²) in [5, 5.41) is 1.60. The van der Waals surface area contributed by atoms with E-state index in [1.165, 1.54) is 15.9 Å². The fraction of sp³-hybridized carbons (Fsp3) is 0.167. The van der Waals surface area contributed by atoms with Crippen molar-refractivity contribution in [1.29, 1.82) is 0 Å². The maximum Gasteiger partial charge on any atom is 0.338 e. The molecule has 6 nitrogen and oxygen atoms in total. The molecule has 1 aliphatic heterocycles. The summed E-state index contributed by atoms with van der Waals surface area (Å²) < 4.78 is 13.4. The molecular weight excluding hydrogens is 591 g/mol. The number of allylic oxidation sites excluding steroid dienone is 1. The molecule has 5 rings (SSSR count). The Morgan fingerprint density at radius 1 is 1.05 bits per heavy atom. The third-order valence-electron chi connectivity index (χ3n) is 6.31. The highest BCUT2D eigenvalue weighted by atomic mass is 35.5. The molecule has 1 atom stereocenters. The molecule has 40 heavy (non-hydrogen) atoms. The van der Waals surface area contributed by atoms with Crippen LogP contribution in [-0.4, -0.2) is 17.1 Å². The molecule has 0 aliphatic carbocycles. The quantitative estimate of drug-likeness (QED) is 0.228. The second kappa shape index (κ2) is 12.0.